The first-order valence-electron chi connectivity index (χ1n) is 10.3. The molecule has 30 heavy (non-hydrogen) atoms. The highest BCUT2D eigenvalue weighted by atomic mass is 32.2. The Morgan fingerprint density at radius 1 is 1.17 bits per heavy atom. The van der Waals surface area contributed by atoms with E-state index in [4.69, 9.17) is 0 Å². The molecular weight excluding hydrogens is 405 g/mol. The van der Waals surface area contributed by atoms with Crippen LogP contribution in [0.15, 0.2) is 47.5 Å². The number of nitrogens with zero attached hydrogens (tertiary/aromatic N) is 3. The summed E-state index contributed by atoms with van der Waals surface area (Å²) in [7, 11) is -1.99. The Balaban J connectivity index is 2.26. The van der Waals surface area contributed by atoms with Crippen LogP contribution in [0.25, 0.3) is 0 Å². The number of benzene rings is 1. The van der Waals surface area contributed by atoms with E-state index < -0.39 is 15.8 Å². The first kappa shape index (κ1) is 24.1. The Morgan fingerprint density at radius 2 is 1.83 bits per heavy atom. The second-order valence-electron chi connectivity index (χ2n) is 7.92. The highest BCUT2D eigenvalue weighted by Crippen LogP contribution is 2.18. The van der Waals surface area contributed by atoms with Gasteiger partial charge in [-0.2, -0.15) is 4.31 Å². The van der Waals surface area contributed by atoms with E-state index in [9.17, 15) is 17.6 Å². The number of unbranched alkanes of at least 4 members (excludes halogenated alkanes) is 1. The number of sulfonamides is 1. The molecule has 0 atom stereocenters. The van der Waals surface area contributed by atoms with Gasteiger partial charge in [0, 0.05) is 32.0 Å². The van der Waals surface area contributed by atoms with E-state index in [1.54, 1.807) is 4.90 Å². The Labute approximate surface area is 179 Å². The van der Waals surface area contributed by atoms with Gasteiger partial charge in [0.1, 0.15) is 5.82 Å². The lowest BCUT2D eigenvalue weighted by molar-refractivity contribution is -0.132. The van der Waals surface area contributed by atoms with Gasteiger partial charge in [0.15, 0.2) is 0 Å². The number of rotatable bonds is 11. The van der Waals surface area contributed by atoms with Crippen LogP contribution in [0.2, 0.25) is 0 Å². The van der Waals surface area contributed by atoms with Crippen LogP contribution in [-0.2, 0) is 28.4 Å². The lowest BCUT2D eigenvalue weighted by atomic mass is 10.2. The fourth-order valence-corrected chi connectivity index (χ4v) is 4.60. The van der Waals surface area contributed by atoms with Gasteiger partial charge in [0.05, 0.1) is 18.0 Å². The molecule has 1 aromatic heterocycles. The number of aromatic nitrogens is 1. The lowest BCUT2D eigenvalue weighted by Crippen LogP contribution is -2.44. The predicted molar refractivity (Wildman–Crippen MR) is 116 cm³/mol. The van der Waals surface area contributed by atoms with Crippen molar-refractivity contribution in [1.82, 2.24) is 13.8 Å². The maximum absolute atomic E-state index is 13.3. The van der Waals surface area contributed by atoms with E-state index in [-0.39, 0.29) is 29.8 Å². The summed E-state index contributed by atoms with van der Waals surface area (Å²) in [6, 6.07) is 8.58. The summed E-state index contributed by atoms with van der Waals surface area (Å²) in [6.07, 6.45) is 3.35. The van der Waals surface area contributed by atoms with Crippen molar-refractivity contribution in [2.75, 3.05) is 19.6 Å². The Hall–Kier alpha value is -2.19. The molecule has 6 nitrogen and oxygen atoms in total. The van der Waals surface area contributed by atoms with Gasteiger partial charge in [-0.1, -0.05) is 27.2 Å². The summed E-state index contributed by atoms with van der Waals surface area (Å²) in [5.74, 6) is -0.505. The normalized spacial score (nSPS) is 12.0. The van der Waals surface area contributed by atoms with Crippen molar-refractivity contribution in [3.63, 3.8) is 0 Å². The molecule has 0 fully saturated rings. The summed E-state index contributed by atoms with van der Waals surface area (Å²) >= 11 is 0. The molecule has 166 valence electrons. The molecule has 2 rings (SSSR count). The van der Waals surface area contributed by atoms with Crippen LogP contribution in [0.4, 0.5) is 4.39 Å². The van der Waals surface area contributed by atoms with Crippen molar-refractivity contribution < 1.29 is 17.6 Å². The molecule has 1 heterocycles. The van der Waals surface area contributed by atoms with Crippen molar-refractivity contribution in [2.45, 2.75) is 45.1 Å². The molecule has 0 unspecified atom stereocenters. The minimum absolute atomic E-state index is 0.00866. The smallest absolute Gasteiger partial charge is 0.243 e. The first-order chi connectivity index (χ1) is 14.1. The van der Waals surface area contributed by atoms with Gasteiger partial charge in [0.25, 0.3) is 0 Å². The van der Waals surface area contributed by atoms with Crippen LogP contribution < -0.4 is 0 Å². The molecule has 1 amide bonds. The molecule has 2 aromatic rings. The highest BCUT2D eigenvalue weighted by Gasteiger charge is 2.28. The number of hydrogen-bond donors (Lipinski definition) is 0. The van der Waals surface area contributed by atoms with Crippen LogP contribution >= 0.6 is 0 Å². The Kier molecular flexibility index (Phi) is 8.61. The summed E-state index contributed by atoms with van der Waals surface area (Å²) < 4.78 is 42.7. The summed E-state index contributed by atoms with van der Waals surface area (Å²) in [5.41, 5.74) is 0.977. The third kappa shape index (κ3) is 6.40. The van der Waals surface area contributed by atoms with E-state index in [1.807, 2.05) is 50.7 Å². The molecule has 0 aliphatic carbocycles. The van der Waals surface area contributed by atoms with E-state index >= 15 is 0 Å². The molecule has 0 saturated heterocycles. The third-order valence-corrected chi connectivity index (χ3v) is 6.73. The SMILES string of the molecule is CCCCN(CC(=O)N(Cc1cccn1C)CC(C)C)S(=O)(=O)c1ccc(F)cc1. The van der Waals surface area contributed by atoms with Crippen LogP contribution in [0.1, 0.15) is 39.3 Å². The standard InChI is InChI=1S/C22H32FN3O3S/c1-5-6-14-26(30(28,29)21-11-9-19(23)10-12-21)17-22(27)25(15-18(2)3)16-20-8-7-13-24(20)4/h7-13,18H,5-6,14-17H2,1-4H3. The molecule has 0 spiro atoms. The van der Waals surface area contributed by atoms with Crippen LogP contribution in [0, 0.1) is 11.7 Å². The van der Waals surface area contributed by atoms with E-state index in [1.165, 1.54) is 16.4 Å². The second-order valence-corrected chi connectivity index (χ2v) is 9.86. The van der Waals surface area contributed by atoms with E-state index in [0.29, 0.717) is 19.5 Å². The van der Waals surface area contributed by atoms with Gasteiger partial charge in [-0.15, -0.1) is 0 Å². The number of halogens is 1. The lowest BCUT2D eigenvalue weighted by Gasteiger charge is -2.28. The number of hydrogen-bond acceptors (Lipinski definition) is 3. The van der Waals surface area contributed by atoms with Crippen LogP contribution in [0.3, 0.4) is 0 Å². The zero-order valence-electron chi connectivity index (χ0n) is 18.2. The van der Waals surface area contributed by atoms with Gasteiger partial charge in [-0.3, -0.25) is 4.79 Å². The van der Waals surface area contributed by atoms with Gasteiger partial charge in [0.2, 0.25) is 15.9 Å². The molecule has 0 aliphatic heterocycles. The third-order valence-electron chi connectivity index (χ3n) is 4.87. The largest absolute Gasteiger partial charge is 0.353 e. The minimum atomic E-state index is -3.90. The molecular formula is C22H32FN3O3S. The predicted octanol–water partition coefficient (Wildman–Crippen LogP) is 3.64. The van der Waals surface area contributed by atoms with Crippen LogP contribution in [-0.4, -0.2) is 47.7 Å². The van der Waals surface area contributed by atoms with Crippen LogP contribution in [0.5, 0.6) is 0 Å². The second kappa shape index (κ2) is 10.7. The van der Waals surface area contributed by atoms with Crippen molar-refractivity contribution in [2.24, 2.45) is 13.0 Å². The Bertz CT molecular complexity index is 923. The minimum Gasteiger partial charge on any atom is -0.353 e. The van der Waals surface area contributed by atoms with Crippen molar-refractivity contribution >= 4 is 15.9 Å². The first-order valence-corrected chi connectivity index (χ1v) is 11.7. The number of carbonyl (C=O) groups excluding carboxylic acids is 1. The van der Waals surface area contributed by atoms with Gasteiger partial charge in [-0.25, -0.2) is 12.8 Å². The van der Waals surface area contributed by atoms with E-state index in [0.717, 1.165) is 24.2 Å². The zero-order valence-corrected chi connectivity index (χ0v) is 19.0. The van der Waals surface area contributed by atoms with Crippen molar-refractivity contribution in [1.29, 1.82) is 0 Å². The molecule has 0 bridgehead atoms. The van der Waals surface area contributed by atoms with Crippen molar-refractivity contribution in [3.8, 4) is 0 Å². The van der Waals surface area contributed by atoms with Gasteiger partial charge >= 0.3 is 0 Å². The quantitative estimate of drug-likeness (QED) is 0.539. The average molecular weight is 438 g/mol. The summed E-state index contributed by atoms with van der Waals surface area (Å²) in [6.45, 7) is 6.95. The molecule has 0 radical (unpaired) electrons. The zero-order chi connectivity index (χ0) is 22.3. The number of carbonyl (C=O) groups is 1. The van der Waals surface area contributed by atoms with Gasteiger partial charge in [-0.05, 0) is 48.7 Å². The number of aryl methyl sites for hydroxylation is 1. The Morgan fingerprint density at radius 3 is 2.37 bits per heavy atom. The molecule has 0 aliphatic rings. The molecule has 8 heteroatoms. The average Bonchev–Trinajstić information content (AvgIpc) is 3.08. The molecule has 1 aromatic carbocycles. The fourth-order valence-electron chi connectivity index (χ4n) is 3.18. The summed E-state index contributed by atoms with van der Waals surface area (Å²) in [4.78, 5) is 14.9. The maximum Gasteiger partial charge on any atom is 0.243 e. The monoisotopic (exact) mass is 437 g/mol. The molecule has 0 N–H and O–H groups in total. The summed E-state index contributed by atoms with van der Waals surface area (Å²) in [5, 5.41) is 0. The van der Waals surface area contributed by atoms with Crippen molar-refractivity contribution in [3.05, 3.63) is 54.1 Å². The number of amides is 1. The maximum atomic E-state index is 13.3. The molecule has 0 saturated carbocycles. The highest BCUT2D eigenvalue weighted by molar-refractivity contribution is 7.89. The van der Waals surface area contributed by atoms with E-state index in [2.05, 4.69) is 0 Å². The van der Waals surface area contributed by atoms with Gasteiger partial charge < -0.3 is 9.47 Å². The fraction of sp³-hybridized carbons (Fsp3) is 0.500. The topological polar surface area (TPSA) is 62.6 Å².